The standard InChI is InChI=1S/C15H13NO3/c1-2-18-15(17)12-6-11-7-13-10(4-3-5-16-13)8-14(11)19-9-12/h3-8H,2,9H2,1H3. The summed E-state index contributed by atoms with van der Waals surface area (Å²) in [5, 5.41) is 1.02. The van der Waals surface area contributed by atoms with E-state index in [1.165, 1.54) is 0 Å². The lowest BCUT2D eigenvalue weighted by Crippen LogP contribution is -2.17. The molecule has 0 saturated heterocycles. The van der Waals surface area contributed by atoms with E-state index in [1.54, 1.807) is 13.1 Å². The van der Waals surface area contributed by atoms with Gasteiger partial charge in [-0.15, -0.1) is 0 Å². The molecule has 96 valence electrons. The Bertz CT molecular complexity index is 676. The van der Waals surface area contributed by atoms with Gasteiger partial charge in [0.1, 0.15) is 12.4 Å². The summed E-state index contributed by atoms with van der Waals surface area (Å²) in [6.45, 7) is 2.40. The average Bonchev–Trinajstić information content (AvgIpc) is 2.44. The Kier molecular flexibility index (Phi) is 2.91. The third-order valence-corrected chi connectivity index (χ3v) is 2.99. The lowest BCUT2D eigenvalue weighted by molar-refractivity contribution is -0.138. The summed E-state index contributed by atoms with van der Waals surface area (Å²) < 4.78 is 10.6. The molecule has 0 fully saturated rings. The first-order valence-electron chi connectivity index (χ1n) is 6.17. The van der Waals surface area contributed by atoms with E-state index in [1.807, 2.05) is 30.3 Å². The van der Waals surface area contributed by atoms with Crippen LogP contribution >= 0.6 is 0 Å². The lowest BCUT2D eigenvalue weighted by Gasteiger charge is -2.17. The van der Waals surface area contributed by atoms with Crippen LogP contribution in [0.2, 0.25) is 0 Å². The number of benzene rings is 1. The highest BCUT2D eigenvalue weighted by molar-refractivity contribution is 5.96. The maximum atomic E-state index is 11.7. The van der Waals surface area contributed by atoms with Crippen molar-refractivity contribution in [1.29, 1.82) is 0 Å². The number of carbonyl (C=O) groups excluding carboxylic acids is 1. The molecule has 2 aromatic rings. The van der Waals surface area contributed by atoms with Crippen LogP contribution in [-0.4, -0.2) is 24.2 Å². The normalized spacial score (nSPS) is 13.4. The minimum Gasteiger partial charge on any atom is -0.488 e. The zero-order valence-electron chi connectivity index (χ0n) is 10.6. The molecule has 0 unspecified atom stereocenters. The molecule has 4 nitrogen and oxygen atoms in total. The molecular weight excluding hydrogens is 242 g/mol. The van der Waals surface area contributed by atoms with Crippen LogP contribution in [0.1, 0.15) is 12.5 Å². The summed E-state index contributed by atoms with van der Waals surface area (Å²) in [6, 6.07) is 7.73. The van der Waals surface area contributed by atoms with Gasteiger partial charge in [-0.05, 0) is 31.2 Å². The van der Waals surface area contributed by atoms with Crippen LogP contribution in [0.25, 0.3) is 17.0 Å². The molecule has 0 atom stereocenters. The highest BCUT2D eigenvalue weighted by Crippen LogP contribution is 2.30. The van der Waals surface area contributed by atoms with Gasteiger partial charge in [-0.2, -0.15) is 0 Å². The number of esters is 1. The molecule has 0 spiro atoms. The van der Waals surface area contributed by atoms with Gasteiger partial charge in [0, 0.05) is 17.1 Å². The molecule has 1 aliphatic rings. The Balaban J connectivity index is 2.04. The van der Waals surface area contributed by atoms with Crippen molar-refractivity contribution in [2.24, 2.45) is 0 Å². The number of fused-ring (bicyclic) bond motifs is 2. The average molecular weight is 255 g/mol. The molecule has 4 heteroatoms. The highest BCUT2D eigenvalue weighted by atomic mass is 16.5. The molecular formula is C15H13NO3. The maximum absolute atomic E-state index is 11.7. The van der Waals surface area contributed by atoms with Crippen molar-refractivity contribution in [1.82, 2.24) is 4.98 Å². The Morgan fingerprint density at radius 3 is 3.21 bits per heavy atom. The van der Waals surface area contributed by atoms with Gasteiger partial charge in [0.2, 0.25) is 0 Å². The van der Waals surface area contributed by atoms with Gasteiger partial charge in [-0.1, -0.05) is 6.07 Å². The molecule has 0 aliphatic carbocycles. The number of nitrogens with zero attached hydrogens (tertiary/aromatic N) is 1. The quantitative estimate of drug-likeness (QED) is 0.774. The van der Waals surface area contributed by atoms with Gasteiger partial charge >= 0.3 is 5.97 Å². The molecule has 0 radical (unpaired) electrons. The second kappa shape index (κ2) is 4.72. The van der Waals surface area contributed by atoms with Crippen LogP contribution in [0, 0.1) is 0 Å². The van der Waals surface area contributed by atoms with Crippen LogP contribution in [0.15, 0.2) is 36.0 Å². The van der Waals surface area contributed by atoms with Gasteiger partial charge in [0.15, 0.2) is 0 Å². The summed E-state index contributed by atoms with van der Waals surface area (Å²) >= 11 is 0. The van der Waals surface area contributed by atoms with Crippen molar-refractivity contribution < 1.29 is 14.3 Å². The zero-order valence-corrected chi connectivity index (χ0v) is 10.6. The smallest absolute Gasteiger partial charge is 0.337 e. The van der Waals surface area contributed by atoms with E-state index in [0.717, 1.165) is 22.2 Å². The van der Waals surface area contributed by atoms with Gasteiger partial charge in [-0.25, -0.2) is 4.79 Å². The molecule has 1 aliphatic heterocycles. The third kappa shape index (κ3) is 2.17. The first-order chi connectivity index (χ1) is 9.28. The number of carbonyl (C=O) groups is 1. The van der Waals surface area contributed by atoms with Crippen molar-refractivity contribution in [3.63, 3.8) is 0 Å². The van der Waals surface area contributed by atoms with E-state index >= 15 is 0 Å². The summed E-state index contributed by atoms with van der Waals surface area (Å²) in [4.78, 5) is 16.0. The first kappa shape index (κ1) is 11.7. The van der Waals surface area contributed by atoms with Crippen LogP contribution in [0.5, 0.6) is 5.75 Å². The molecule has 2 heterocycles. The minimum atomic E-state index is -0.325. The zero-order chi connectivity index (χ0) is 13.2. The Morgan fingerprint density at radius 2 is 2.37 bits per heavy atom. The van der Waals surface area contributed by atoms with E-state index in [9.17, 15) is 4.79 Å². The largest absolute Gasteiger partial charge is 0.488 e. The van der Waals surface area contributed by atoms with Crippen LogP contribution in [-0.2, 0) is 9.53 Å². The van der Waals surface area contributed by atoms with Crippen molar-refractivity contribution in [3.8, 4) is 5.75 Å². The predicted molar refractivity (Wildman–Crippen MR) is 71.8 cm³/mol. The van der Waals surface area contributed by atoms with Gasteiger partial charge in [0.25, 0.3) is 0 Å². The summed E-state index contributed by atoms with van der Waals surface area (Å²) in [5.41, 5.74) is 2.27. The maximum Gasteiger partial charge on any atom is 0.337 e. The predicted octanol–water partition coefficient (Wildman–Crippen LogP) is 2.57. The molecule has 3 rings (SSSR count). The second-order valence-corrected chi connectivity index (χ2v) is 4.26. The monoisotopic (exact) mass is 255 g/mol. The number of rotatable bonds is 2. The lowest BCUT2D eigenvalue weighted by atomic mass is 10.0. The Labute approximate surface area is 110 Å². The summed E-state index contributed by atoms with van der Waals surface area (Å²) in [6.07, 6.45) is 3.55. The number of ether oxygens (including phenoxy) is 2. The summed E-state index contributed by atoms with van der Waals surface area (Å²) in [7, 11) is 0. The Morgan fingerprint density at radius 1 is 1.47 bits per heavy atom. The van der Waals surface area contributed by atoms with Crippen LogP contribution in [0.4, 0.5) is 0 Å². The third-order valence-electron chi connectivity index (χ3n) is 2.99. The number of hydrogen-bond donors (Lipinski definition) is 0. The number of hydrogen-bond acceptors (Lipinski definition) is 4. The van der Waals surface area contributed by atoms with E-state index in [4.69, 9.17) is 9.47 Å². The molecule has 1 aromatic carbocycles. The molecule has 1 aromatic heterocycles. The van der Waals surface area contributed by atoms with Crippen LogP contribution in [0.3, 0.4) is 0 Å². The van der Waals surface area contributed by atoms with E-state index in [-0.39, 0.29) is 12.6 Å². The first-order valence-corrected chi connectivity index (χ1v) is 6.17. The van der Waals surface area contributed by atoms with Crippen molar-refractivity contribution >= 4 is 22.9 Å². The topological polar surface area (TPSA) is 48.4 Å². The highest BCUT2D eigenvalue weighted by Gasteiger charge is 2.18. The minimum absolute atomic E-state index is 0.248. The molecule has 19 heavy (non-hydrogen) atoms. The fourth-order valence-electron chi connectivity index (χ4n) is 2.08. The number of pyridine rings is 1. The Hall–Kier alpha value is -2.36. The fourth-order valence-corrected chi connectivity index (χ4v) is 2.08. The van der Waals surface area contributed by atoms with E-state index in [0.29, 0.717) is 12.2 Å². The van der Waals surface area contributed by atoms with Crippen molar-refractivity contribution in [2.75, 3.05) is 13.2 Å². The molecule has 0 saturated carbocycles. The van der Waals surface area contributed by atoms with E-state index in [2.05, 4.69) is 4.98 Å². The number of aromatic nitrogens is 1. The van der Waals surface area contributed by atoms with E-state index < -0.39 is 0 Å². The summed E-state index contributed by atoms with van der Waals surface area (Å²) in [5.74, 6) is 0.447. The fraction of sp³-hybridized carbons (Fsp3) is 0.200. The molecule has 0 N–H and O–H groups in total. The molecule has 0 amide bonds. The van der Waals surface area contributed by atoms with Crippen molar-refractivity contribution in [2.45, 2.75) is 6.92 Å². The van der Waals surface area contributed by atoms with Gasteiger partial charge in [0.05, 0.1) is 17.7 Å². The van der Waals surface area contributed by atoms with Crippen LogP contribution < -0.4 is 4.74 Å². The van der Waals surface area contributed by atoms with Gasteiger partial charge in [-0.3, -0.25) is 4.98 Å². The van der Waals surface area contributed by atoms with Crippen molar-refractivity contribution in [3.05, 3.63) is 41.6 Å². The molecule has 0 bridgehead atoms. The van der Waals surface area contributed by atoms with Gasteiger partial charge < -0.3 is 9.47 Å². The second-order valence-electron chi connectivity index (χ2n) is 4.26. The SMILES string of the molecule is CCOC(=O)C1=Cc2cc3ncccc3cc2OC1.